The first-order valence-electron chi connectivity index (χ1n) is 3.44. The van der Waals surface area contributed by atoms with Crippen molar-refractivity contribution in [2.24, 2.45) is 0 Å². The smallest absolute Gasteiger partial charge is 0.102 e. The number of nitrogens with one attached hydrogen (secondary N) is 2. The predicted octanol–water partition coefficient (Wildman–Crippen LogP) is 1.21. The number of rotatable bonds is 4. The van der Waals surface area contributed by atoms with Gasteiger partial charge < -0.3 is 10.6 Å². The molecule has 0 amide bonds. The van der Waals surface area contributed by atoms with Crippen LogP contribution in [0.15, 0.2) is 24.4 Å². The van der Waals surface area contributed by atoms with E-state index in [0.717, 1.165) is 6.54 Å². The molecule has 0 aromatic carbocycles. The zero-order valence-corrected chi connectivity index (χ0v) is 7.79. The second kappa shape index (κ2) is 6.07. The summed E-state index contributed by atoms with van der Waals surface area (Å²) in [6.07, 6.45) is 3.49. The highest BCUT2D eigenvalue weighted by molar-refractivity contribution is 7.80. The van der Waals surface area contributed by atoms with Crippen LogP contribution in [-0.2, 0) is 0 Å². The maximum Gasteiger partial charge on any atom is 0.102 e. The van der Waals surface area contributed by atoms with E-state index in [2.05, 4.69) is 17.2 Å². The molecule has 0 radical (unpaired) electrons. The zero-order chi connectivity index (χ0) is 8.69. The summed E-state index contributed by atoms with van der Waals surface area (Å²) < 4.78 is 0. The number of hydrogen-bond donors (Lipinski definition) is 2. The molecule has 0 aliphatic heterocycles. The van der Waals surface area contributed by atoms with E-state index in [1.165, 1.54) is 5.57 Å². The van der Waals surface area contributed by atoms with Gasteiger partial charge in [-0.2, -0.15) is 0 Å². The lowest BCUT2D eigenvalue weighted by Crippen LogP contribution is -2.15. The van der Waals surface area contributed by atoms with Gasteiger partial charge in [0, 0.05) is 12.7 Å². The molecule has 0 fully saturated rings. The highest BCUT2D eigenvalue weighted by atomic mass is 32.1. The molecule has 0 bridgehead atoms. The van der Waals surface area contributed by atoms with Crippen molar-refractivity contribution in [3.05, 3.63) is 24.4 Å². The average Bonchev–Trinajstić information content (AvgIpc) is 2.01. The van der Waals surface area contributed by atoms with E-state index in [9.17, 15) is 0 Å². The molecule has 3 heteroatoms. The Hall–Kier alpha value is -0.670. The first kappa shape index (κ1) is 10.3. The fourth-order valence-electron chi connectivity index (χ4n) is 0.583. The van der Waals surface area contributed by atoms with E-state index in [4.69, 9.17) is 12.2 Å². The summed E-state index contributed by atoms with van der Waals surface area (Å²) in [5.74, 6) is 0. The Labute approximate surface area is 73.4 Å². The summed E-state index contributed by atoms with van der Waals surface area (Å²) in [6, 6.07) is 0. The molecule has 0 spiro atoms. The van der Waals surface area contributed by atoms with E-state index >= 15 is 0 Å². The van der Waals surface area contributed by atoms with Crippen LogP contribution in [0.3, 0.4) is 0 Å². The van der Waals surface area contributed by atoms with Crippen molar-refractivity contribution in [2.75, 3.05) is 13.6 Å². The van der Waals surface area contributed by atoms with Crippen LogP contribution in [0.1, 0.15) is 6.92 Å². The molecule has 0 unspecified atom stereocenters. The SMILES string of the molecule is C=CC(=S)N/C=C(\C)CNC. The first-order chi connectivity index (χ1) is 5.20. The van der Waals surface area contributed by atoms with E-state index in [-0.39, 0.29) is 0 Å². The van der Waals surface area contributed by atoms with Crippen molar-refractivity contribution < 1.29 is 0 Å². The fourth-order valence-corrected chi connectivity index (χ4v) is 0.642. The molecule has 2 N–H and O–H groups in total. The molecule has 0 rings (SSSR count). The maximum atomic E-state index is 4.86. The van der Waals surface area contributed by atoms with Crippen LogP contribution >= 0.6 is 12.2 Å². The van der Waals surface area contributed by atoms with Gasteiger partial charge in [0.2, 0.25) is 0 Å². The molecule has 0 aromatic heterocycles. The van der Waals surface area contributed by atoms with Gasteiger partial charge in [0.1, 0.15) is 4.99 Å². The highest BCUT2D eigenvalue weighted by Gasteiger charge is 1.86. The Bertz CT molecular complexity index is 173. The van der Waals surface area contributed by atoms with Gasteiger partial charge in [-0.05, 0) is 25.6 Å². The lowest BCUT2D eigenvalue weighted by atomic mass is 10.3. The molecule has 2 nitrogen and oxygen atoms in total. The third-order valence-electron chi connectivity index (χ3n) is 1.10. The molecule has 0 aliphatic rings. The van der Waals surface area contributed by atoms with E-state index in [0.29, 0.717) is 4.99 Å². The largest absolute Gasteiger partial charge is 0.353 e. The summed E-state index contributed by atoms with van der Waals surface area (Å²) in [5.41, 5.74) is 1.21. The number of thiocarbonyl (C=S) groups is 1. The van der Waals surface area contributed by atoms with Gasteiger partial charge in [-0.3, -0.25) is 0 Å². The van der Waals surface area contributed by atoms with Crippen LogP contribution in [-0.4, -0.2) is 18.6 Å². The van der Waals surface area contributed by atoms with Crippen molar-refractivity contribution in [1.82, 2.24) is 10.6 Å². The van der Waals surface area contributed by atoms with Crippen LogP contribution in [0.2, 0.25) is 0 Å². The molecule has 11 heavy (non-hydrogen) atoms. The van der Waals surface area contributed by atoms with Gasteiger partial charge >= 0.3 is 0 Å². The van der Waals surface area contributed by atoms with Gasteiger partial charge in [-0.1, -0.05) is 18.8 Å². The minimum absolute atomic E-state index is 0.653. The Kier molecular flexibility index (Phi) is 5.70. The molecule has 0 saturated carbocycles. The molecule has 0 aromatic rings. The van der Waals surface area contributed by atoms with Crippen molar-refractivity contribution >= 4 is 17.2 Å². The lowest BCUT2D eigenvalue weighted by Gasteiger charge is -2.00. The van der Waals surface area contributed by atoms with Crippen LogP contribution in [0.5, 0.6) is 0 Å². The fraction of sp³-hybridized carbons (Fsp3) is 0.375. The molecule has 62 valence electrons. The van der Waals surface area contributed by atoms with Crippen LogP contribution in [0.4, 0.5) is 0 Å². The third kappa shape index (κ3) is 5.76. The summed E-state index contributed by atoms with van der Waals surface area (Å²) in [4.78, 5) is 0.653. The molecule has 0 atom stereocenters. The van der Waals surface area contributed by atoms with Crippen LogP contribution in [0.25, 0.3) is 0 Å². The molecular weight excluding hydrogens is 156 g/mol. The standard InChI is InChI=1S/C8H14N2S/c1-4-8(11)10-6-7(2)5-9-3/h4,6,9H,1,5H2,2-3H3,(H,10,11)/b7-6+. The first-order valence-corrected chi connectivity index (χ1v) is 3.84. The normalized spacial score (nSPS) is 10.9. The molecule has 0 aliphatic carbocycles. The number of hydrogen-bond acceptors (Lipinski definition) is 2. The summed E-state index contributed by atoms with van der Waals surface area (Å²) in [7, 11) is 1.91. The Balaban J connectivity index is 3.71. The van der Waals surface area contributed by atoms with Crippen molar-refractivity contribution in [2.45, 2.75) is 6.92 Å². The van der Waals surface area contributed by atoms with E-state index in [1.807, 2.05) is 20.2 Å². The van der Waals surface area contributed by atoms with E-state index < -0.39 is 0 Å². The number of likely N-dealkylation sites (N-methyl/N-ethyl adjacent to an activating group) is 1. The van der Waals surface area contributed by atoms with Crippen molar-refractivity contribution in [3.63, 3.8) is 0 Å². The summed E-state index contributed by atoms with van der Waals surface area (Å²) in [5, 5.41) is 5.96. The van der Waals surface area contributed by atoms with Gasteiger partial charge in [0.05, 0.1) is 0 Å². The Morgan fingerprint density at radius 3 is 2.73 bits per heavy atom. The summed E-state index contributed by atoms with van der Waals surface area (Å²) >= 11 is 4.86. The van der Waals surface area contributed by atoms with Gasteiger partial charge in [-0.25, -0.2) is 0 Å². The molecular formula is C8H14N2S. The minimum atomic E-state index is 0.653. The Morgan fingerprint density at radius 1 is 1.64 bits per heavy atom. The van der Waals surface area contributed by atoms with Crippen molar-refractivity contribution in [1.29, 1.82) is 0 Å². The molecule has 0 heterocycles. The maximum absolute atomic E-state index is 4.86. The monoisotopic (exact) mass is 170 g/mol. The minimum Gasteiger partial charge on any atom is -0.353 e. The average molecular weight is 170 g/mol. The third-order valence-corrected chi connectivity index (χ3v) is 1.39. The molecule has 0 saturated heterocycles. The topological polar surface area (TPSA) is 24.1 Å². The highest BCUT2D eigenvalue weighted by Crippen LogP contribution is 1.86. The van der Waals surface area contributed by atoms with Crippen LogP contribution < -0.4 is 10.6 Å². The lowest BCUT2D eigenvalue weighted by molar-refractivity contribution is 0.873. The summed E-state index contributed by atoms with van der Waals surface area (Å²) in [6.45, 7) is 6.43. The van der Waals surface area contributed by atoms with Crippen molar-refractivity contribution in [3.8, 4) is 0 Å². The zero-order valence-electron chi connectivity index (χ0n) is 6.98. The van der Waals surface area contributed by atoms with E-state index in [1.54, 1.807) is 6.08 Å². The van der Waals surface area contributed by atoms with Gasteiger partial charge in [0.15, 0.2) is 0 Å². The second-order valence-corrected chi connectivity index (χ2v) is 2.67. The van der Waals surface area contributed by atoms with Crippen LogP contribution in [0, 0.1) is 0 Å². The van der Waals surface area contributed by atoms with Gasteiger partial charge in [0.25, 0.3) is 0 Å². The Morgan fingerprint density at radius 2 is 2.27 bits per heavy atom. The quantitative estimate of drug-likeness (QED) is 0.490. The second-order valence-electron chi connectivity index (χ2n) is 2.23. The van der Waals surface area contributed by atoms with Gasteiger partial charge in [-0.15, -0.1) is 0 Å². The predicted molar refractivity (Wildman–Crippen MR) is 53.6 cm³/mol.